The zero-order valence-corrected chi connectivity index (χ0v) is 24.7. The fourth-order valence-electron chi connectivity index (χ4n) is 5.83. The van der Waals surface area contributed by atoms with Crippen molar-refractivity contribution in [3.63, 3.8) is 0 Å². The molecule has 0 unspecified atom stereocenters. The Balaban J connectivity index is 1.52. The van der Waals surface area contributed by atoms with Crippen LogP contribution in [0.25, 0.3) is 0 Å². The minimum absolute atomic E-state index is 0.0290. The van der Waals surface area contributed by atoms with Crippen molar-refractivity contribution in [1.82, 2.24) is 4.90 Å². The Morgan fingerprint density at radius 1 is 1.00 bits per heavy atom. The number of aliphatic carboxylic acids is 1. The molecule has 0 radical (unpaired) electrons. The summed E-state index contributed by atoms with van der Waals surface area (Å²) in [5.74, 6) is -2.32. The van der Waals surface area contributed by atoms with E-state index in [-0.39, 0.29) is 29.8 Å². The van der Waals surface area contributed by atoms with Crippen molar-refractivity contribution in [3.05, 3.63) is 98.2 Å². The molecule has 4 atom stereocenters. The summed E-state index contributed by atoms with van der Waals surface area (Å²) in [6.07, 6.45) is -0.452. The van der Waals surface area contributed by atoms with Crippen LogP contribution in [0.3, 0.4) is 0 Å². The van der Waals surface area contributed by atoms with E-state index in [1.807, 2.05) is 26.0 Å². The third kappa shape index (κ3) is 6.49. The summed E-state index contributed by atoms with van der Waals surface area (Å²) in [5.41, 5.74) is 1.53. The Hall–Kier alpha value is -2.84. The minimum atomic E-state index is -1.13. The summed E-state index contributed by atoms with van der Waals surface area (Å²) in [4.78, 5) is 27.4. The van der Waals surface area contributed by atoms with Crippen LogP contribution < -0.4 is 4.74 Å². The van der Waals surface area contributed by atoms with E-state index >= 15 is 0 Å². The van der Waals surface area contributed by atoms with Gasteiger partial charge in [0.15, 0.2) is 0 Å². The van der Waals surface area contributed by atoms with Crippen LogP contribution in [0.1, 0.15) is 43.1 Å². The number of hydrogen-bond acceptors (Lipinski definition) is 4. The lowest BCUT2D eigenvalue weighted by Crippen LogP contribution is -2.55. The normalized spacial score (nSPS) is 22.7. The first-order valence-electron chi connectivity index (χ1n) is 13.2. The predicted octanol–water partition coefficient (Wildman–Crippen LogP) is 7.38. The number of benzene rings is 3. The van der Waals surface area contributed by atoms with Gasteiger partial charge in [-0.05, 0) is 80.3 Å². The van der Waals surface area contributed by atoms with E-state index in [0.29, 0.717) is 27.8 Å². The largest absolute Gasteiger partial charge is 0.487 e. The molecule has 3 aromatic rings. The molecule has 0 aromatic heterocycles. The summed E-state index contributed by atoms with van der Waals surface area (Å²) in [6.45, 7) is 3.51. The van der Waals surface area contributed by atoms with Gasteiger partial charge in [-0.3, -0.25) is 9.59 Å². The standard InChI is InChI=1S/C31H29Cl3FNO5/c1-31(2)23-14-22(30(39)36(16-28(37)38)15-17-3-6-19(32)7-4-17)27(12-18-5-9-25(35)24(34)11-18)40-29(23)21-13-20(33)8-10-26(21)41-31/h3-11,13,22-23,27,29H,12,14-16H2,1-2H3,(H,37,38)/t22-,23-,27-,29+/m1/s1. The summed E-state index contributed by atoms with van der Waals surface area (Å²) >= 11 is 18.4. The van der Waals surface area contributed by atoms with Crippen molar-refractivity contribution in [1.29, 1.82) is 0 Å². The van der Waals surface area contributed by atoms with E-state index < -0.39 is 42.1 Å². The Bertz CT molecular complexity index is 1460. The van der Waals surface area contributed by atoms with Gasteiger partial charge in [0.25, 0.3) is 0 Å². The number of fused-ring (bicyclic) bond motifs is 3. The number of rotatable bonds is 7. The molecule has 2 aliphatic heterocycles. The zero-order chi connectivity index (χ0) is 29.5. The zero-order valence-electron chi connectivity index (χ0n) is 22.5. The van der Waals surface area contributed by atoms with Crippen LogP contribution in [-0.2, 0) is 27.3 Å². The molecule has 2 heterocycles. The van der Waals surface area contributed by atoms with E-state index in [0.717, 1.165) is 11.1 Å². The van der Waals surface area contributed by atoms with Crippen LogP contribution in [0, 0.1) is 17.7 Å². The molecule has 216 valence electrons. The van der Waals surface area contributed by atoms with Gasteiger partial charge in [-0.25, -0.2) is 4.39 Å². The maximum absolute atomic E-state index is 14.2. The second kappa shape index (κ2) is 11.8. The van der Waals surface area contributed by atoms with Crippen molar-refractivity contribution in [2.45, 2.75) is 51.0 Å². The van der Waals surface area contributed by atoms with Gasteiger partial charge < -0.3 is 19.5 Å². The molecule has 5 rings (SSSR count). The van der Waals surface area contributed by atoms with Gasteiger partial charge in [0.2, 0.25) is 5.91 Å². The Morgan fingerprint density at radius 2 is 1.68 bits per heavy atom. The van der Waals surface area contributed by atoms with Crippen molar-refractivity contribution in [2.75, 3.05) is 6.54 Å². The lowest BCUT2D eigenvalue weighted by Gasteiger charge is -2.51. The fourth-order valence-corrected chi connectivity index (χ4v) is 6.34. The number of carbonyl (C=O) groups excluding carboxylic acids is 1. The van der Waals surface area contributed by atoms with Crippen molar-refractivity contribution < 1.29 is 28.6 Å². The van der Waals surface area contributed by atoms with Crippen molar-refractivity contribution >= 4 is 46.7 Å². The van der Waals surface area contributed by atoms with Crippen LogP contribution in [0.4, 0.5) is 4.39 Å². The van der Waals surface area contributed by atoms with Gasteiger partial charge in [-0.1, -0.05) is 53.0 Å². The lowest BCUT2D eigenvalue weighted by atomic mass is 9.71. The average Bonchev–Trinajstić information content (AvgIpc) is 2.91. The summed E-state index contributed by atoms with van der Waals surface area (Å²) < 4.78 is 27.0. The number of hydrogen-bond donors (Lipinski definition) is 1. The molecule has 3 aromatic carbocycles. The number of carboxylic acids is 1. The first-order valence-corrected chi connectivity index (χ1v) is 14.4. The average molecular weight is 621 g/mol. The summed E-state index contributed by atoms with van der Waals surface area (Å²) in [6, 6.07) is 16.7. The van der Waals surface area contributed by atoms with Gasteiger partial charge in [0, 0.05) is 28.1 Å². The highest BCUT2D eigenvalue weighted by Gasteiger charge is 2.52. The number of ether oxygens (including phenoxy) is 2. The second-order valence-electron chi connectivity index (χ2n) is 11.1. The van der Waals surface area contributed by atoms with Gasteiger partial charge >= 0.3 is 5.97 Å². The Morgan fingerprint density at radius 3 is 2.37 bits per heavy atom. The van der Waals surface area contributed by atoms with Crippen LogP contribution >= 0.6 is 34.8 Å². The number of amides is 1. The highest BCUT2D eigenvalue weighted by atomic mass is 35.5. The van der Waals surface area contributed by atoms with Crippen LogP contribution in [0.2, 0.25) is 15.1 Å². The van der Waals surface area contributed by atoms with Crippen LogP contribution in [0.15, 0.2) is 60.7 Å². The smallest absolute Gasteiger partial charge is 0.323 e. The molecule has 0 bridgehead atoms. The number of carbonyl (C=O) groups is 2. The van der Waals surface area contributed by atoms with E-state index in [1.165, 1.54) is 17.0 Å². The number of nitrogens with zero attached hydrogens (tertiary/aromatic N) is 1. The minimum Gasteiger partial charge on any atom is -0.487 e. The predicted molar refractivity (Wildman–Crippen MR) is 155 cm³/mol. The molecule has 1 saturated heterocycles. The molecule has 0 saturated carbocycles. The van der Waals surface area contributed by atoms with Gasteiger partial charge in [-0.15, -0.1) is 0 Å². The van der Waals surface area contributed by atoms with E-state index in [1.54, 1.807) is 36.4 Å². The summed E-state index contributed by atoms with van der Waals surface area (Å²) in [7, 11) is 0. The third-order valence-electron chi connectivity index (χ3n) is 7.85. The lowest BCUT2D eigenvalue weighted by molar-refractivity contribution is -0.184. The van der Waals surface area contributed by atoms with Crippen molar-refractivity contribution in [3.8, 4) is 5.75 Å². The third-order valence-corrected chi connectivity index (χ3v) is 8.63. The first-order chi connectivity index (χ1) is 19.4. The molecule has 10 heteroatoms. The van der Waals surface area contributed by atoms with E-state index in [9.17, 15) is 19.1 Å². The second-order valence-corrected chi connectivity index (χ2v) is 12.4. The Labute approximate surface area is 252 Å². The highest BCUT2D eigenvalue weighted by Crippen LogP contribution is 2.53. The molecule has 1 amide bonds. The van der Waals surface area contributed by atoms with Crippen LogP contribution in [-0.4, -0.2) is 40.1 Å². The first kappa shape index (κ1) is 29.6. The van der Waals surface area contributed by atoms with Crippen LogP contribution in [0.5, 0.6) is 5.75 Å². The van der Waals surface area contributed by atoms with Gasteiger partial charge in [0.1, 0.15) is 23.7 Å². The number of carboxylic acid groups (broad SMARTS) is 1. The van der Waals surface area contributed by atoms with Gasteiger partial charge in [-0.2, -0.15) is 0 Å². The quantitative estimate of drug-likeness (QED) is 0.298. The fraction of sp³-hybridized carbons (Fsp3) is 0.355. The SMILES string of the molecule is CC1(C)Oc2ccc(Cl)cc2[C@@H]2O[C@H](Cc3ccc(F)c(Cl)c3)[C@H](C(=O)N(CC(=O)O)Cc3ccc(Cl)cc3)C[C@H]21. The molecule has 2 aliphatic rings. The topological polar surface area (TPSA) is 76.1 Å². The van der Waals surface area contributed by atoms with Crippen molar-refractivity contribution in [2.24, 2.45) is 11.8 Å². The maximum Gasteiger partial charge on any atom is 0.323 e. The molecule has 1 fully saturated rings. The van der Waals surface area contributed by atoms with E-state index in [2.05, 4.69) is 0 Å². The molecule has 0 spiro atoms. The molecule has 41 heavy (non-hydrogen) atoms. The molecule has 1 N–H and O–H groups in total. The van der Waals surface area contributed by atoms with Gasteiger partial charge in [0.05, 0.1) is 23.1 Å². The monoisotopic (exact) mass is 619 g/mol. The number of halogens is 4. The highest BCUT2D eigenvalue weighted by molar-refractivity contribution is 6.31. The molecular formula is C31H29Cl3FNO5. The molecule has 6 nitrogen and oxygen atoms in total. The molecular weight excluding hydrogens is 592 g/mol. The Kier molecular flexibility index (Phi) is 8.53. The maximum atomic E-state index is 14.2. The molecule has 0 aliphatic carbocycles. The van der Waals surface area contributed by atoms with E-state index in [4.69, 9.17) is 44.3 Å². The summed E-state index contributed by atoms with van der Waals surface area (Å²) in [5, 5.41) is 10.7.